The topological polar surface area (TPSA) is 80.9 Å². The smallest absolute Gasteiger partial charge is 0.228 e. The quantitative estimate of drug-likeness (QED) is 0.857. The number of aromatic nitrogens is 2. The summed E-state index contributed by atoms with van der Waals surface area (Å²) >= 11 is 1.42. The molecule has 0 spiro atoms. The van der Waals surface area contributed by atoms with Gasteiger partial charge < -0.3 is 11.1 Å². The van der Waals surface area contributed by atoms with Gasteiger partial charge in [0.25, 0.3) is 0 Å². The van der Waals surface area contributed by atoms with Gasteiger partial charge in [-0.3, -0.25) is 4.79 Å². The fraction of sp³-hybridized carbons (Fsp3) is 0.727. The highest BCUT2D eigenvalue weighted by Crippen LogP contribution is 2.30. The maximum atomic E-state index is 11.8. The van der Waals surface area contributed by atoms with Gasteiger partial charge in [0.15, 0.2) is 0 Å². The Morgan fingerprint density at radius 2 is 2.18 bits per heavy atom. The first-order chi connectivity index (χ1) is 8.11. The first-order valence-electron chi connectivity index (χ1n) is 6.02. The molecule has 0 saturated heterocycles. The van der Waals surface area contributed by atoms with E-state index in [1.54, 1.807) is 0 Å². The van der Waals surface area contributed by atoms with Gasteiger partial charge in [-0.2, -0.15) is 0 Å². The molecule has 1 saturated carbocycles. The number of amides is 1. The molecule has 0 aliphatic heterocycles. The molecule has 94 valence electrons. The second kappa shape index (κ2) is 5.10. The van der Waals surface area contributed by atoms with E-state index in [9.17, 15) is 4.79 Å². The van der Waals surface area contributed by atoms with E-state index in [0.717, 1.165) is 37.1 Å². The van der Waals surface area contributed by atoms with E-state index < -0.39 is 0 Å². The Balaban J connectivity index is 1.88. The van der Waals surface area contributed by atoms with Crippen LogP contribution in [0.25, 0.3) is 0 Å². The van der Waals surface area contributed by atoms with Gasteiger partial charge >= 0.3 is 0 Å². The number of nitrogens with zero attached hydrogens (tertiary/aromatic N) is 2. The fourth-order valence-corrected chi connectivity index (χ4v) is 2.88. The number of anilines is 1. The fourth-order valence-electron chi connectivity index (χ4n) is 2.19. The summed E-state index contributed by atoms with van der Waals surface area (Å²) in [4.78, 5) is 11.8. The Hall–Kier alpha value is -1.01. The standard InChI is InChI=1S/C11H18N4OS/c1-2-9-14-15-10(17-9)13-8(16)7-11(12)5-3-4-6-11/h2-7,12H2,1H3,(H,13,15,16). The lowest BCUT2D eigenvalue weighted by atomic mass is 9.94. The Labute approximate surface area is 105 Å². The van der Waals surface area contributed by atoms with Crippen molar-refractivity contribution < 1.29 is 4.79 Å². The highest BCUT2D eigenvalue weighted by atomic mass is 32.1. The maximum Gasteiger partial charge on any atom is 0.228 e. The van der Waals surface area contributed by atoms with Crippen LogP contribution in [0.1, 0.15) is 44.0 Å². The number of nitrogens with one attached hydrogen (secondary N) is 1. The maximum absolute atomic E-state index is 11.8. The van der Waals surface area contributed by atoms with Crippen molar-refractivity contribution in [3.05, 3.63) is 5.01 Å². The van der Waals surface area contributed by atoms with E-state index in [2.05, 4.69) is 15.5 Å². The molecular weight excluding hydrogens is 236 g/mol. The average Bonchev–Trinajstić information content (AvgIpc) is 2.87. The van der Waals surface area contributed by atoms with Crippen LogP contribution in [0.3, 0.4) is 0 Å². The summed E-state index contributed by atoms with van der Waals surface area (Å²) in [6, 6.07) is 0. The van der Waals surface area contributed by atoms with Crippen molar-refractivity contribution in [1.82, 2.24) is 10.2 Å². The molecule has 2 rings (SSSR count). The van der Waals surface area contributed by atoms with E-state index >= 15 is 0 Å². The number of carbonyl (C=O) groups is 1. The number of hydrogen-bond acceptors (Lipinski definition) is 5. The van der Waals surface area contributed by atoms with Crippen LogP contribution in [0.15, 0.2) is 0 Å². The van der Waals surface area contributed by atoms with Gasteiger partial charge in [-0.15, -0.1) is 10.2 Å². The summed E-state index contributed by atoms with van der Waals surface area (Å²) in [5, 5.41) is 12.2. The van der Waals surface area contributed by atoms with E-state index in [-0.39, 0.29) is 11.4 Å². The van der Waals surface area contributed by atoms with Crippen molar-refractivity contribution >= 4 is 22.4 Å². The summed E-state index contributed by atoms with van der Waals surface area (Å²) in [5.74, 6) is -0.0480. The molecular formula is C11H18N4OS. The normalized spacial score (nSPS) is 18.2. The zero-order valence-corrected chi connectivity index (χ0v) is 10.8. The number of hydrogen-bond donors (Lipinski definition) is 2. The molecule has 0 bridgehead atoms. The number of carbonyl (C=O) groups excluding carboxylic acids is 1. The molecule has 1 aliphatic rings. The summed E-state index contributed by atoms with van der Waals surface area (Å²) in [7, 11) is 0. The first-order valence-corrected chi connectivity index (χ1v) is 6.84. The van der Waals surface area contributed by atoms with Crippen molar-refractivity contribution in [2.45, 2.75) is 51.0 Å². The van der Waals surface area contributed by atoms with Crippen LogP contribution in [0.4, 0.5) is 5.13 Å². The van der Waals surface area contributed by atoms with Crippen molar-refractivity contribution in [3.63, 3.8) is 0 Å². The summed E-state index contributed by atoms with van der Waals surface area (Å²) in [6.07, 6.45) is 5.36. The van der Waals surface area contributed by atoms with Gasteiger partial charge in [0.2, 0.25) is 11.0 Å². The van der Waals surface area contributed by atoms with E-state index in [1.807, 2.05) is 6.92 Å². The predicted molar refractivity (Wildman–Crippen MR) is 67.9 cm³/mol. The minimum absolute atomic E-state index is 0.0480. The van der Waals surface area contributed by atoms with Crippen LogP contribution in [-0.2, 0) is 11.2 Å². The number of rotatable bonds is 4. The van der Waals surface area contributed by atoms with Gasteiger partial charge in [-0.1, -0.05) is 31.1 Å². The summed E-state index contributed by atoms with van der Waals surface area (Å²) in [6.45, 7) is 2.01. The average molecular weight is 254 g/mol. The number of nitrogens with two attached hydrogens (primary N) is 1. The van der Waals surface area contributed by atoms with Crippen LogP contribution in [0, 0.1) is 0 Å². The van der Waals surface area contributed by atoms with Gasteiger partial charge in [-0.05, 0) is 19.3 Å². The third-order valence-corrected chi connectivity index (χ3v) is 4.11. The second-order valence-corrected chi connectivity index (χ2v) is 5.71. The predicted octanol–water partition coefficient (Wildman–Crippen LogP) is 1.70. The van der Waals surface area contributed by atoms with E-state index in [0.29, 0.717) is 11.6 Å². The van der Waals surface area contributed by atoms with Crippen LogP contribution in [0.2, 0.25) is 0 Å². The molecule has 0 atom stereocenters. The molecule has 1 amide bonds. The molecule has 1 aromatic heterocycles. The highest BCUT2D eigenvalue weighted by molar-refractivity contribution is 7.15. The van der Waals surface area contributed by atoms with E-state index in [1.165, 1.54) is 11.3 Å². The monoisotopic (exact) mass is 254 g/mol. The van der Waals surface area contributed by atoms with Crippen LogP contribution in [0.5, 0.6) is 0 Å². The summed E-state index contributed by atoms with van der Waals surface area (Å²) in [5.41, 5.74) is 5.85. The van der Waals surface area contributed by atoms with E-state index in [4.69, 9.17) is 5.73 Å². The molecule has 0 aromatic carbocycles. The lowest BCUT2D eigenvalue weighted by Crippen LogP contribution is -2.40. The molecule has 17 heavy (non-hydrogen) atoms. The van der Waals surface area contributed by atoms with Gasteiger partial charge in [0, 0.05) is 12.0 Å². The van der Waals surface area contributed by atoms with Crippen LogP contribution in [-0.4, -0.2) is 21.6 Å². The Morgan fingerprint density at radius 3 is 2.76 bits per heavy atom. The van der Waals surface area contributed by atoms with Crippen molar-refractivity contribution in [2.75, 3.05) is 5.32 Å². The molecule has 1 fully saturated rings. The third kappa shape index (κ3) is 3.23. The lowest BCUT2D eigenvalue weighted by molar-refractivity contribution is -0.117. The Bertz CT molecular complexity index is 398. The van der Waals surface area contributed by atoms with Crippen molar-refractivity contribution in [2.24, 2.45) is 5.73 Å². The molecule has 1 aromatic rings. The van der Waals surface area contributed by atoms with Crippen LogP contribution >= 0.6 is 11.3 Å². The largest absolute Gasteiger partial charge is 0.325 e. The Morgan fingerprint density at radius 1 is 1.47 bits per heavy atom. The molecule has 1 aliphatic carbocycles. The van der Waals surface area contributed by atoms with Gasteiger partial charge in [0.1, 0.15) is 5.01 Å². The minimum Gasteiger partial charge on any atom is -0.325 e. The van der Waals surface area contributed by atoms with Crippen molar-refractivity contribution in [3.8, 4) is 0 Å². The first kappa shape index (κ1) is 12.4. The van der Waals surface area contributed by atoms with Gasteiger partial charge in [-0.25, -0.2) is 0 Å². The molecule has 6 heteroatoms. The van der Waals surface area contributed by atoms with Crippen molar-refractivity contribution in [1.29, 1.82) is 0 Å². The zero-order valence-electron chi connectivity index (χ0n) is 10.0. The second-order valence-electron chi connectivity index (χ2n) is 4.65. The zero-order chi connectivity index (χ0) is 12.3. The molecule has 1 heterocycles. The Kier molecular flexibility index (Phi) is 3.73. The van der Waals surface area contributed by atoms with Gasteiger partial charge in [0.05, 0.1) is 0 Å². The minimum atomic E-state index is -0.303. The SMILES string of the molecule is CCc1nnc(NC(=O)CC2(N)CCCC2)s1. The third-order valence-electron chi connectivity index (χ3n) is 3.13. The molecule has 0 radical (unpaired) electrons. The molecule has 0 unspecified atom stereocenters. The number of aryl methyl sites for hydroxylation is 1. The molecule has 5 nitrogen and oxygen atoms in total. The summed E-state index contributed by atoms with van der Waals surface area (Å²) < 4.78 is 0. The lowest BCUT2D eigenvalue weighted by Gasteiger charge is -2.21. The highest BCUT2D eigenvalue weighted by Gasteiger charge is 2.31. The molecule has 3 N–H and O–H groups in total. The van der Waals surface area contributed by atoms with Crippen LogP contribution < -0.4 is 11.1 Å².